The SMILES string of the molecule is C=C(Nc1cccc2cccnc12)c1ccc(N2C(=O)[C@@H]3[C@H](C2=O)[C@@H]2C=C[C@H]3C2)cc1. The van der Waals surface area contributed by atoms with Gasteiger partial charge in [0.05, 0.1) is 28.7 Å². The molecule has 2 bridgehead atoms. The lowest BCUT2D eigenvalue weighted by Crippen LogP contribution is -2.32. The van der Waals surface area contributed by atoms with Crippen LogP contribution in [0.5, 0.6) is 0 Å². The number of hydrogen-bond acceptors (Lipinski definition) is 4. The van der Waals surface area contributed by atoms with E-state index in [1.807, 2.05) is 54.6 Å². The number of amides is 2. The van der Waals surface area contributed by atoms with Crippen LogP contribution < -0.4 is 10.2 Å². The first-order chi connectivity index (χ1) is 15.1. The predicted octanol–water partition coefficient (Wildman–Crippen LogP) is 4.63. The minimum Gasteiger partial charge on any atom is -0.354 e. The van der Waals surface area contributed by atoms with E-state index >= 15 is 0 Å². The molecular weight excluding hydrogens is 386 g/mol. The van der Waals surface area contributed by atoms with Gasteiger partial charge in [0.2, 0.25) is 11.8 Å². The van der Waals surface area contributed by atoms with E-state index in [4.69, 9.17) is 0 Å². The number of hydrogen-bond donors (Lipinski definition) is 1. The molecule has 0 spiro atoms. The van der Waals surface area contributed by atoms with Crippen LogP contribution in [0.3, 0.4) is 0 Å². The van der Waals surface area contributed by atoms with E-state index < -0.39 is 0 Å². The second kappa shape index (κ2) is 6.64. The average Bonchev–Trinajstić information content (AvgIpc) is 3.48. The molecular formula is C26H21N3O2. The highest BCUT2D eigenvalue weighted by atomic mass is 16.2. The minimum atomic E-state index is -0.183. The van der Waals surface area contributed by atoms with E-state index in [1.165, 1.54) is 4.90 Å². The Morgan fingerprint density at radius 2 is 1.61 bits per heavy atom. The van der Waals surface area contributed by atoms with Gasteiger partial charge in [0.1, 0.15) is 0 Å². The van der Waals surface area contributed by atoms with E-state index in [2.05, 4.69) is 29.0 Å². The topological polar surface area (TPSA) is 62.3 Å². The number of pyridine rings is 1. The fourth-order valence-corrected chi connectivity index (χ4v) is 5.41. The monoisotopic (exact) mass is 407 g/mol. The third kappa shape index (κ3) is 2.66. The Morgan fingerprint density at radius 1 is 0.935 bits per heavy atom. The van der Waals surface area contributed by atoms with Gasteiger partial charge < -0.3 is 5.32 Å². The van der Waals surface area contributed by atoms with Crippen LogP contribution in [-0.4, -0.2) is 16.8 Å². The van der Waals surface area contributed by atoms with E-state index in [0.29, 0.717) is 5.69 Å². The molecule has 2 aliphatic carbocycles. The first kappa shape index (κ1) is 18.1. The number of allylic oxidation sites excluding steroid dienone is 2. The van der Waals surface area contributed by atoms with Gasteiger partial charge in [-0.2, -0.15) is 0 Å². The zero-order chi connectivity index (χ0) is 21.1. The number of carbonyl (C=O) groups excluding carboxylic acids is 2. The molecule has 5 nitrogen and oxygen atoms in total. The fourth-order valence-electron chi connectivity index (χ4n) is 5.41. The first-order valence-electron chi connectivity index (χ1n) is 10.6. The molecule has 2 heterocycles. The Kier molecular flexibility index (Phi) is 3.87. The summed E-state index contributed by atoms with van der Waals surface area (Å²) in [6.07, 6.45) is 6.93. The van der Waals surface area contributed by atoms with Gasteiger partial charge in [-0.25, -0.2) is 0 Å². The number of carbonyl (C=O) groups is 2. The third-order valence-corrected chi connectivity index (χ3v) is 6.86. The summed E-state index contributed by atoms with van der Waals surface area (Å²) in [6.45, 7) is 4.16. The van der Waals surface area contributed by atoms with E-state index in [1.54, 1.807) is 6.20 Å². The van der Waals surface area contributed by atoms with Crippen LogP contribution in [-0.2, 0) is 9.59 Å². The molecule has 1 saturated carbocycles. The lowest BCUT2D eigenvalue weighted by Gasteiger charge is -2.18. The standard InChI is InChI=1S/C26H21N3O2/c1-15(28-21-6-2-4-17-5-3-13-27-24(17)21)16-9-11-20(12-10-16)29-25(30)22-18-7-8-19(14-18)23(22)26(29)31/h2-13,18-19,22-23,28H,1,14H2/t18-,19+,22-,23+. The summed E-state index contributed by atoms with van der Waals surface area (Å²) in [6, 6.07) is 17.3. The summed E-state index contributed by atoms with van der Waals surface area (Å²) in [7, 11) is 0. The van der Waals surface area contributed by atoms with Crippen molar-refractivity contribution < 1.29 is 9.59 Å². The van der Waals surface area contributed by atoms with Crippen LogP contribution in [0.4, 0.5) is 11.4 Å². The van der Waals surface area contributed by atoms with Crippen molar-refractivity contribution in [3.63, 3.8) is 0 Å². The van der Waals surface area contributed by atoms with Gasteiger partial charge in [0.25, 0.3) is 0 Å². The molecule has 1 saturated heterocycles. The maximum atomic E-state index is 13.0. The van der Waals surface area contributed by atoms with Gasteiger partial charge in [-0.05, 0) is 48.1 Å². The van der Waals surface area contributed by atoms with Crippen molar-refractivity contribution in [1.29, 1.82) is 0 Å². The number of aromatic nitrogens is 1. The van der Waals surface area contributed by atoms with Gasteiger partial charge in [0.15, 0.2) is 0 Å². The number of benzene rings is 2. The molecule has 2 amide bonds. The lowest BCUT2D eigenvalue weighted by molar-refractivity contribution is -0.123. The number of imide groups is 1. The van der Waals surface area contributed by atoms with Crippen molar-refractivity contribution >= 4 is 39.8 Å². The molecule has 0 radical (unpaired) electrons. The fraction of sp³-hybridized carbons (Fsp3) is 0.192. The normalized spacial score (nSPS) is 26.0. The van der Waals surface area contributed by atoms with Crippen LogP contribution in [0.25, 0.3) is 16.6 Å². The van der Waals surface area contributed by atoms with Crippen LogP contribution in [0.2, 0.25) is 0 Å². The molecule has 6 rings (SSSR count). The Bertz CT molecular complexity index is 1240. The molecule has 2 aromatic carbocycles. The molecule has 0 unspecified atom stereocenters. The number of para-hydroxylation sites is 1. The minimum absolute atomic E-state index is 0.0571. The number of nitrogens with zero attached hydrogens (tertiary/aromatic N) is 2. The highest BCUT2D eigenvalue weighted by Gasteiger charge is 2.59. The molecule has 1 aliphatic heterocycles. The third-order valence-electron chi connectivity index (χ3n) is 6.86. The zero-order valence-corrected chi connectivity index (χ0v) is 16.9. The second-order valence-corrected chi connectivity index (χ2v) is 8.54. The maximum absolute atomic E-state index is 13.0. The lowest BCUT2D eigenvalue weighted by atomic mass is 9.85. The van der Waals surface area contributed by atoms with Gasteiger partial charge in [-0.1, -0.05) is 49.1 Å². The van der Waals surface area contributed by atoms with Gasteiger partial charge in [-0.3, -0.25) is 19.5 Å². The molecule has 2 fully saturated rings. The van der Waals surface area contributed by atoms with Crippen molar-refractivity contribution in [3.8, 4) is 0 Å². The molecule has 3 aliphatic rings. The molecule has 3 aromatic rings. The molecule has 4 atom stereocenters. The van der Waals surface area contributed by atoms with Crippen molar-refractivity contribution in [2.24, 2.45) is 23.7 Å². The summed E-state index contributed by atoms with van der Waals surface area (Å²) in [4.78, 5) is 31.9. The average molecular weight is 407 g/mol. The van der Waals surface area contributed by atoms with Crippen LogP contribution >= 0.6 is 0 Å². The van der Waals surface area contributed by atoms with Crippen LogP contribution in [0, 0.1) is 23.7 Å². The first-order valence-corrected chi connectivity index (χ1v) is 10.6. The number of rotatable bonds is 4. The summed E-state index contributed by atoms with van der Waals surface area (Å²) < 4.78 is 0. The Labute approximate surface area is 180 Å². The Balaban J connectivity index is 1.24. The van der Waals surface area contributed by atoms with Gasteiger partial charge >= 0.3 is 0 Å². The van der Waals surface area contributed by atoms with Gasteiger partial charge in [0, 0.05) is 17.3 Å². The highest BCUT2D eigenvalue weighted by molar-refractivity contribution is 6.22. The molecule has 1 N–H and O–H groups in total. The van der Waals surface area contributed by atoms with E-state index in [0.717, 1.165) is 34.3 Å². The van der Waals surface area contributed by atoms with E-state index in [-0.39, 0.29) is 35.5 Å². The Morgan fingerprint density at radius 3 is 2.32 bits per heavy atom. The smallest absolute Gasteiger partial charge is 0.238 e. The van der Waals surface area contributed by atoms with Crippen LogP contribution in [0.15, 0.2) is 79.5 Å². The number of nitrogens with one attached hydrogen (secondary N) is 1. The quantitative estimate of drug-likeness (QED) is 0.506. The van der Waals surface area contributed by atoms with Crippen molar-refractivity contribution in [2.75, 3.05) is 10.2 Å². The molecule has 152 valence electrons. The maximum Gasteiger partial charge on any atom is 0.238 e. The zero-order valence-electron chi connectivity index (χ0n) is 16.9. The number of fused-ring (bicyclic) bond motifs is 6. The van der Waals surface area contributed by atoms with Crippen molar-refractivity contribution in [2.45, 2.75) is 6.42 Å². The highest BCUT2D eigenvalue weighted by Crippen LogP contribution is 2.53. The number of anilines is 2. The predicted molar refractivity (Wildman–Crippen MR) is 121 cm³/mol. The largest absolute Gasteiger partial charge is 0.354 e. The molecule has 31 heavy (non-hydrogen) atoms. The Hall–Kier alpha value is -3.73. The summed E-state index contributed by atoms with van der Waals surface area (Å²) in [5.41, 5.74) is 4.01. The molecule has 5 heteroatoms. The van der Waals surface area contributed by atoms with Crippen LogP contribution in [0.1, 0.15) is 12.0 Å². The summed E-state index contributed by atoms with van der Waals surface area (Å²) in [5.74, 6) is -0.0462. The second-order valence-electron chi connectivity index (χ2n) is 8.54. The van der Waals surface area contributed by atoms with Gasteiger partial charge in [-0.15, -0.1) is 0 Å². The van der Waals surface area contributed by atoms with Crippen molar-refractivity contribution in [3.05, 3.63) is 85.1 Å². The van der Waals surface area contributed by atoms with E-state index in [9.17, 15) is 9.59 Å². The summed E-state index contributed by atoms with van der Waals surface area (Å²) >= 11 is 0. The molecule has 1 aromatic heterocycles. The summed E-state index contributed by atoms with van der Waals surface area (Å²) in [5, 5.41) is 4.40. The van der Waals surface area contributed by atoms with Crippen molar-refractivity contribution in [1.82, 2.24) is 4.98 Å².